The molecule has 0 radical (unpaired) electrons. The molecule has 0 spiro atoms. The van der Waals surface area contributed by atoms with Gasteiger partial charge in [0, 0.05) is 37.7 Å². The van der Waals surface area contributed by atoms with E-state index in [1.54, 1.807) is 24.3 Å². The van der Waals surface area contributed by atoms with Crippen LogP contribution in [0.15, 0.2) is 72.8 Å². The topological polar surface area (TPSA) is 59.1 Å². The zero-order chi connectivity index (χ0) is 25.5. The molecule has 4 rings (SSSR count). The number of esters is 1. The lowest BCUT2D eigenvalue weighted by atomic mass is 10.1. The van der Waals surface area contributed by atoms with E-state index in [-0.39, 0.29) is 18.0 Å². The van der Waals surface area contributed by atoms with Gasteiger partial charge in [-0.05, 0) is 47.5 Å². The Hall–Kier alpha value is -2.90. The van der Waals surface area contributed by atoms with Crippen LogP contribution in [0.5, 0.6) is 0 Å². The van der Waals surface area contributed by atoms with E-state index in [1.165, 1.54) is 7.11 Å². The maximum Gasteiger partial charge on any atom is 0.337 e. The number of benzene rings is 3. The van der Waals surface area contributed by atoms with Crippen LogP contribution in [-0.4, -0.2) is 61.5 Å². The average molecular weight is 527 g/mol. The highest BCUT2D eigenvalue weighted by atomic mass is 35.5. The Morgan fingerprint density at radius 3 is 2.19 bits per heavy atom. The molecule has 0 saturated carbocycles. The van der Waals surface area contributed by atoms with Gasteiger partial charge in [0.2, 0.25) is 0 Å². The number of hydrogen-bond acceptors (Lipinski definition) is 5. The fraction of sp³-hybridized carbons (Fsp3) is 0.286. The number of rotatable bonds is 8. The maximum atomic E-state index is 12.9. The van der Waals surface area contributed by atoms with Gasteiger partial charge in [-0.3, -0.25) is 9.69 Å². The van der Waals surface area contributed by atoms with E-state index in [4.69, 9.17) is 32.7 Å². The van der Waals surface area contributed by atoms with E-state index in [0.717, 1.165) is 24.2 Å². The summed E-state index contributed by atoms with van der Waals surface area (Å²) in [6, 6.07) is 22.0. The Morgan fingerprint density at radius 1 is 0.889 bits per heavy atom. The van der Waals surface area contributed by atoms with Crippen molar-refractivity contribution in [3.05, 3.63) is 105 Å². The molecule has 1 atom stereocenters. The van der Waals surface area contributed by atoms with E-state index in [2.05, 4.69) is 4.90 Å². The summed E-state index contributed by atoms with van der Waals surface area (Å²) >= 11 is 12.3. The molecule has 188 valence electrons. The zero-order valence-corrected chi connectivity index (χ0v) is 21.5. The molecule has 1 aliphatic heterocycles. The molecule has 1 fully saturated rings. The predicted molar refractivity (Wildman–Crippen MR) is 141 cm³/mol. The van der Waals surface area contributed by atoms with Crippen LogP contribution in [-0.2, 0) is 16.1 Å². The van der Waals surface area contributed by atoms with Gasteiger partial charge < -0.3 is 14.4 Å². The van der Waals surface area contributed by atoms with Crippen molar-refractivity contribution in [1.29, 1.82) is 0 Å². The van der Waals surface area contributed by atoms with Crippen LogP contribution < -0.4 is 0 Å². The van der Waals surface area contributed by atoms with Crippen LogP contribution in [0, 0.1) is 0 Å². The van der Waals surface area contributed by atoms with Crippen molar-refractivity contribution < 1.29 is 19.1 Å². The first-order valence-electron chi connectivity index (χ1n) is 11.7. The molecule has 1 aliphatic rings. The first-order valence-corrected chi connectivity index (χ1v) is 12.5. The van der Waals surface area contributed by atoms with Crippen LogP contribution in [0.3, 0.4) is 0 Å². The average Bonchev–Trinajstić information content (AvgIpc) is 2.91. The summed E-state index contributed by atoms with van der Waals surface area (Å²) in [6.45, 7) is 3.77. The Balaban J connectivity index is 1.39. The quantitative estimate of drug-likeness (QED) is 0.363. The van der Waals surface area contributed by atoms with Crippen molar-refractivity contribution in [3.63, 3.8) is 0 Å². The Kier molecular flexibility index (Phi) is 8.99. The lowest BCUT2D eigenvalue weighted by Gasteiger charge is -2.36. The number of piperazine rings is 1. The Labute approximate surface area is 221 Å². The Morgan fingerprint density at radius 2 is 1.56 bits per heavy atom. The summed E-state index contributed by atoms with van der Waals surface area (Å²) in [7, 11) is 1.36. The molecule has 1 saturated heterocycles. The molecule has 6 nitrogen and oxygen atoms in total. The van der Waals surface area contributed by atoms with E-state index < -0.39 is 0 Å². The van der Waals surface area contributed by atoms with Crippen molar-refractivity contribution in [3.8, 4) is 0 Å². The Bertz CT molecular complexity index is 1180. The molecule has 0 N–H and O–H groups in total. The normalized spacial score (nSPS) is 14.9. The highest BCUT2D eigenvalue weighted by molar-refractivity contribution is 6.33. The largest absolute Gasteiger partial charge is 0.465 e. The summed E-state index contributed by atoms with van der Waals surface area (Å²) < 4.78 is 11.1. The van der Waals surface area contributed by atoms with Crippen LogP contribution in [0.2, 0.25) is 10.0 Å². The van der Waals surface area contributed by atoms with E-state index in [0.29, 0.717) is 47.4 Å². The number of amides is 1. The van der Waals surface area contributed by atoms with Gasteiger partial charge in [0.15, 0.2) is 0 Å². The molecule has 1 amide bonds. The second kappa shape index (κ2) is 12.4. The van der Waals surface area contributed by atoms with E-state index in [1.807, 2.05) is 53.4 Å². The minimum Gasteiger partial charge on any atom is -0.465 e. The monoisotopic (exact) mass is 526 g/mol. The van der Waals surface area contributed by atoms with Crippen molar-refractivity contribution in [2.24, 2.45) is 0 Å². The van der Waals surface area contributed by atoms with Crippen molar-refractivity contribution >= 4 is 35.1 Å². The molecule has 3 aromatic rings. The molecule has 1 unspecified atom stereocenters. The van der Waals surface area contributed by atoms with Crippen LogP contribution in [0.4, 0.5) is 0 Å². The summed E-state index contributed by atoms with van der Waals surface area (Å²) in [6.07, 6.45) is -0.187. The minimum atomic E-state index is -0.367. The molecule has 1 heterocycles. The number of carbonyl (C=O) groups is 2. The first kappa shape index (κ1) is 26.2. The number of hydrogen-bond donors (Lipinski definition) is 0. The highest BCUT2D eigenvalue weighted by Gasteiger charge is 2.26. The van der Waals surface area contributed by atoms with E-state index in [9.17, 15) is 9.59 Å². The predicted octanol–water partition coefficient (Wildman–Crippen LogP) is 5.50. The molecular formula is C28H28Cl2N2O4. The lowest BCUT2D eigenvalue weighted by Crippen LogP contribution is -2.49. The van der Waals surface area contributed by atoms with Gasteiger partial charge in [-0.2, -0.15) is 0 Å². The molecule has 36 heavy (non-hydrogen) atoms. The second-order valence-corrected chi connectivity index (χ2v) is 9.46. The third kappa shape index (κ3) is 6.65. The third-order valence-corrected chi connectivity index (χ3v) is 6.84. The fourth-order valence-corrected chi connectivity index (χ4v) is 4.50. The molecule has 3 aromatic carbocycles. The summed E-state index contributed by atoms with van der Waals surface area (Å²) in [5.74, 6) is -0.408. The van der Waals surface area contributed by atoms with Crippen LogP contribution >= 0.6 is 23.2 Å². The first-order chi connectivity index (χ1) is 17.4. The second-order valence-electron chi connectivity index (χ2n) is 8.61. The number of nitrogens with zero attached hydrogens (tertiary/aromatic N) is 2. The van der Waals surface area contributed by atoms with E-state index >= 15 is 0 Å². The smallest absolute Gasteiger partial charge is 0.337 e. The number of halogens is 2. The highest BCUT2D eigenvalue weighted by Crippen LogP contribution is 2.24. The van der Waals surface area contributed by atoms with Crippen molar-refractivity contribution in [2.75, 3.05) is 39.8 Å². The fourth-order valence-electron chi connectivity index (χ4n) is 4.16. The van der Waals surface area contributed by atoms with Gasteiger partial charge in [-0.15, -0.1) is 0 Å². The van der Waals surface area contributed by atoms with Gasteiger partial charge in [-0.1, -0.05) is 59.6 Å². The zero-order valence-electron chi connectivity index (χ0n) is 20.0. The minimum absolute atomic E-state index is 0.0406. The van der Waals surface area contributed by atoms with Gasteiger partial charge >= 0.3 is 5.97 Å². The molecule has 0 aliphatic carbocycles. The van der Waals surface area contributed by atoms with Crippen molar-refractivity contribution in [1.82, 2.24) is 9.80 Å². The van der Waals surface area contributed by atoms with Crippen LogP contribution in [0.1, 0.15) is 37.9 Å². The summed E-state index contributed by atoms with van der Waals surface area (Å²) in [5.41, 5.74) is 3.02. The van der Waals surface area contributed by atoms with Gasteiger partial charge in [0.25, 0.3) is 5.91 Å². The lowest BCUT2D eigenvalue weighted by molar-refractivity contribution is 0.00341. The van der Waals surface area contributed by atoms with Crippen molar-refractivity contribution in [2.45, 2.75) is 12.7 Å². The molecule has 0 aromatic heterocycles. The number of ether oxygens (including phenoxy) is 2. The number of carbonyl (C=O) groups excluding carboxylic acids is 2. The summed E-state index contributed by atoms with van der Waals surface area (Å²) in [4.78, 5) is 28.7. The third-order valence-electron chi connectivity index (χ3n) is 6.26. The van der Waals surface area contributed by atoms with Gasteiger partial charge in [0.05, 0.1) is 36.0 Å². The molecule has 8 heteroatoms. The molecule has 0 bridgehead atoms. The van der Waals surface area contributed by atoms with Gasteiger partial charge in [0.1, 0.15) is 0 Å². The summed E-state index contributed by atoms with van der Waals surface area (Å²) in [5, 5.41) is 1.14. The van der Waals surface area contributed by atoms with Crippen LogP contribution in [0.25, 0.3) is 0 Å². The van der Waals surface area contributed by atoms with Gasteiger partial charge in [-0.25, -0.2) is 4.79 Å². The number of methoxy groups -OCH3 is 1. The maximum absolute atomic E-state index is 12.9. The SMILES string of the molecule is COC(=O)c1ccc(COC(CN2CCN(C(=O)c3ccccc3Cl)CC2)c2ccc(Cl)cc2)cc1. The molecular weight excluding hydrogens is 499 g/mol. The standard InChI is InChI=1S/C28H28Cl2N2O4/c1-35-28(34)22-8-6-20(7-9-22)19-36-26(21-10-12-23(29)13-11-21)18-31-14-16-32(17-15-31)27(33)24-4-2-3-5-25(24)30/h2-13,26H,14-19H2,1H3.